The van der Waals surface area contributed by atoms with E-state index in [0.717, 1.165) is 10.6 Å². The van der Waals surface area contributed by atoms with Crippen LogP contribution in [0.1, 0.15) is 6.92 Å². The van der Waals surface area contributed by atoms with E-state index in [9.17, 15) is 17.9 Å². The molecule has 0 fully saturated rings. The summed E-state index contributed by atoms with van der Waals surface area (Å²) in [5.41, 5.74) is 0.751. The molecular formula is C13H18FN3O3S. The first-order valence-corrected chi connectivity index (χ1v) is 8.28. The summed E-state index contributed by atoms with van der Waals surface area (Å²) in [7, 11) is -1.88. The molecule has 0 radical (unpaired) electrons. The van der Waals surface area contributed by atoms with Crippen molar-refractivity contribution in [1.29, 1.82) is 0 Å². The van der Waals surface area contributed by atoms with E-state index in [0.29, 0.717) is 12.2 Å². The molecule has 0 unspecified atom stereocenters. The second-order valence-corrected chi connectivity index (χ2v) is 6.64. The molecule has 1 aromatic rings. The van der Waals surface area contributed by atoms with Crippen LogP contribution in [0, 0.1) is 5.82 Å². The van der Waals surface area contributed by atoms with Crippen molar-refractivity contribution in [1.82, 2.24) is 5.01 Å². The normalized spacial score (nSPS) is 15.3. The number of hydrogen-bond donors (Lipinski definition) is 1. The predicted molar refractivity (Wildman–Crippen MR) is 80.1 cm³/mol. The number of rotatable bonds is 4. The molecule has 0 amide bonds. The molecule has 0 saturated carbocycles. The van der Waals surface area contributed by atoms with Crippen molar-refractivity contribution in [2.75, 3.05) is 35.7 Å². The molecule has 0 aromatic heterocycles. The highest BCUT2D eigenvalue weighted by Crippen LogP contribution is 2.34. The van der Waals surface area contributed by atoms with Crippen LogP contribution in [-0.2, 0) is 10.0 Å². The molecule has 1 aliphatic heterocycles. The maximum absolute atomic E-state index is 13.6. The number of anilines is 2. The molecule has 116 valence electrons. The van der Waals surface area contributed by atoms with Crippen LogP contribution in [0.5, 0.6) is 0 Å². The first-order valence-electron chi connectivity index (χ1n) is 6.43. The Morgan fingerprint density at radius 2 is 2.10 bits per heavy atom. The van der Waals surface area contributed by atoms with Gasteiger partial charge < -0.3 is 5.11 Å². The summed E-state index contributed by atoms with van der Waals surface area (Å²) < 4.78 is 38.5. The Balaban J connectivity index is 2.53. The van der Waals surface area contributed by atoms with Gasteiger partial charge in [0.1, 0.15) is 5.82 Å². The van der Waals surface area contributed by atoms with Gasteiger partial charge in [0.25, 0.3) is 0 Å². The second kappa shape index (κ2) is 5.44. The zero-order chi connectivity index (χ0) is 15.8. The number of sulfonamides is 1. The van der Waals surface area contributed by atoms with Gasteiger partial charge in [0.2, 0.25) is 15.9 Å². The Kier molecular flexibility index (Phi) is 3.99. The first kappa shape index (κ1) is 15.4. The van der Waals surface area contributed by atoms with Crippen LogP contribution in [0.15, 0.2) is 30.2 Å². The summed E-state index contributed by atoms with van der Waals surface area (Å²) in [6.45, 7) is 2.24. The fourth-order valence-electron chi connectivity index (χ4n) is 2.30. The monoisotopic (exact) mass is 315 g/mol. The molecule has 0 bridgehead atoms. The molecule has 21 heavy (non-hydrogen) atoms. The summed E-state index contributed by atoms with van der Waals surface area (Å²) in [6, 6.07) is 3.95. The third kappa shape index (κ3) is 2.90. The van der Waals surface area contributed by atoms with Gasteiger partial charge in [0.05, 0.1) is 24.2 Å². The van der Waals surface area contributed by atoms with E-state index in [-0.39, 0.29) is 18.1 Å². The second-order valence-electron chi connectivity index (χ2n) is 4.73. The molecule has 2 rings (SSSR count). The topological polar surface area (TPSA) is 64.1 Å². The molecule has 1 N–H and O–H groups in total. The van der Waals surface area contributed by atoms with Crippen molar-refractivity contribution < 1.29 is 17.9 Å². The lowest BCUT2D eigenvalue weighted by molar-refractivity contribution is 0.243. The molecule has 8 heteroatoms. The Morgan fingerprint density at radius 3 is 2.57 bits per heavy atom. The van der Waals surface area contributed by atoms with Crippen molar-refractivity contribution in [3.8, 4) is 0 Å². The van der Waals surface area contributed by atoms with Crippen molar-refractivity contribution in [3.05, 3.63) is 36.0 Å². The van der Waals surface area contributed by atoms with Crippen molar-refractivity contribution in [3.63, 3.8) is 0 Å². The van der Waals surface area contributed by atoms with Crippen LogP contribution < -0.4 is 9.31 Å². The van der Waals surface area contributed by atoms with Gasteiger partial charge in [-0.15, -0.1) is 0 Å². The molecule has 6 nitrogen and oxygen atoms in total. The zero-order valence-electron chi connectivity index (χ0n) is 12.1. The van der Waals surface area contributed by atoms with Gasteiger partial charge in [0.15, 0.2) is 0 Å². The van der Waals surface area contributed by atoms with Gasteiger partial charge in [-0.05, 0) is 25.1 Å². The van der Waals surface area contributed by atoms with Crippen molar-refractivity contribution >= 4 is 21.4 Å². The average molecular weight is 315 g/mol. The Labute approximate surface area is 123 Å². The lowest BCUT2D eigenvalue weighted by Gasteiger charge is -2.32. The Bertz CT molecular complexity index is 675. The maximum Gasteiger partial charge on any atom is 0.232 e. The number of benzene rings is 1. The zero-order valence-corrected chi connectivity index (χ0v) is 12.9. The largest absolute Gasteiger partial charge is 0.494 e. The van der Waals surface area contributed by atoms with E-state index in [2.05, 4.69) is 0 Å². The van der Waals surface area contributed by atoms with Crippen LogP contribution in [-0.4, -0.2) is 44.9 Å². The van der Waals surface area contributed by atoms with E-state index in [4.69, 9.17) is 0 Å². The van der Waals surface area contributed by atoms with Crippen LogP contribution in [0.4, 0.5) is 15.8 Å². The fraction of sp³-hybridized carbons (Fsp3) is 0.385. The fourth-order valence-corrected chi connectivity index (χ4v) is 3.28. The highest BCUT2D eigenvalue weighted by Gasteiger charge is 2.27. The summed E-state index contributed by atoms with van der Waals surface area (Å²) in [5, 5.41) is 12.8. The molecular weight excluding hydrogens is 297 g/mol. The Morgan fingerprint density at radius 1 is 1.43 bits per heavy atom. The Hall–Kier alpha value is -1.96. The number of aliphatic hydroxyl groups excluding tert-OH is 1. The van der Waals surface area contributed by atoms with E-state index in [1.54, 1.807) is 25.1 Å². The van der Waals surface area contributed by atoms with Crippen LogP contribution >= 0.6 is 0 Å². The third-order valence-electron chi connectivity index (χ3n) is 3.31. The van der Waals surface area contributed by atoms with Gasteiger partial charge in [-0.3, -0.25) is 14.3 Å². The molecule has 1 aliphatic rings. The standard InChI is InChI=1S/C13H18FN3O3S/c1-4-17(21(3,19)20)12-9-10(14)5-6-11(12)16-8-7-13(18)15(16)2/h5-7,9,18H,4,8H2,1-3H3. The predicted octanol–water partition coefficient (Wildman–Crippen LogP) is 1.68. The van der Waals surface area contributed by atoms with Crippen LogP contribution in [0.2, 0.25) is 0 Å². The molecule has 0 saturated heterocycles. The van der Waals surface area contributed by atoms with E-state index >= 15 is 0 Å². The highest BCUT2D eigenvalue weighted by molar-refractivity contribution is 7.92. The number of hydrazine groups is 1. The third-order valence-corrected chi connectivity index (χ3v) is 4.57. The molecule has 0 spiro atoms. The highest BCUT2D eigenvalue weighted by atomic mass is 32.2. The number of nitrogens with zero attached hydrogens (tertiary/aromatic N) is 3. The molecule has 1 heterocycles. The molecule has 0 aliphatic carbocycles. The molecule has 0 atom stereocenters. The molecule has 1 aromatic carbocycles. The summed E-state index contributed by atoms with van der Waals surface area (Å²) in [6.07, 6.45) is 2.67. The van der Waals surface area contributed by atoms with Gasteiger partial charge in [0, 0.05) is 19.7 Å². The van der Waals surface area contributed by atoms with Crippen molar-refractivity contribution in [2.45, 2.75) is 6.92 Å². The number of hydrogen-bond acceptors (Lipinski definition) is 5. The summed E-state index contributed by atoms with van der Waals surface area (Å²) in [4.78, 5) is 0. The minimum Gasteiger partial charge on any atom is -0.494 e. The lowest BCUT2D eigenvalue weighted by Crippen LogP contribution is -2.37. The van der Waals surface area contributed by atoms with Gasteiger partial charge in [-0.25, -0.2) is 12.8 Å². The summed E-state index contributed by atoms with van der Waals surface area (Å²) >= 11 is 0. The van der Waals surface area contributed by atoms with E-state index < -0.39 is 15.8 Å². The van der Waals surface area contributed by atoms with Crippen molar-refractivity contribution in [2.24, 2.45) is 0 Å². The van der Waals surface area contributed by atoms with Gasteiger partial charge >= 0.3 is 0 Å². The van der Waals surface area contributed by atoms with Crippen LogP contribution in [0.25, 0.3) is 0 Å². The maximum atomic E-state index is 13.6. The van der Waals surface area contributed by atoms with Gasteiger partial charge in [-0.2, -0.15) is 0 Å². The van der Waals surface area contributed by atoms with Gasteiger partial charge in [-0.1, -0.05) is 0 Å². The SMILES string of the molecule is CCN(c1cc(F)ccc1N1CC=C(O)N1C)S(C)(=O)=O. The van der Waals surface area contributed by atoms with E-state index in [1.807, 2.05) is 0 Å². The smallest absolute Gasteiger partial charge is 0.232 e. The quantitative estimate of drug-likeness (QED) is 0.916. The first-order chi connectivity index (χ1) is 9.75. The summed E-state index contributed by atoms with van der Waals surface area (Å²) in [5.74, 6) is -0.456. The minimum absolute atomic E-state index is 0.0627. The average Bonchev–Trinajstić information content (AvgIpc) is 2.70. The van der Waals surface area contributed by atoms with Crippen LogP contribution in [0.3, 0.4) is 0 Å². The number of halogens is 1. The van der Waals surface area contributed by atoms with E-state index in [1.165, 1.54) is 23.2 Å². The number of aliphatic hydroxyl groups is 1. The minimum atomic E-state index is -3.53. The lowest BCUT2D eigenvalue weighted by atomic mass is 10.2.